The predicted octanol–water partition coefficient (Wildman–Crippen LogP) is 3.28. The van der Waals surface area contributed by atoms with E-state index in [2.05, 4.69) is 18.8 Å². The van der Waals surface area contributed by atoms with E-state index >= 15 is 0 Å². The zero-order valence-electron chi connectivity index (χ0n) is 10.9. The Bertz CT molecular complexity index is 448. The van der Waals surface area contributed by atoms with Gasteiger partial charge in [0.1, 0.15) is 10.0 Å². The van der Waals surface area contributed by atoms with Crippen molar-refractivity contribution < 1.29 is 9.90 Å². The Hall–Kier alpha value is -1.10. The molecular weight excluding hydrogens is 248 g/mol. The summed E-state index contributed by atoms with van der Waals surface area (Å²) in [5, 5.41) is 10.3. The standard InChI is InChI=1S/C13H20N2O2S/c1-8(2)7-13(5-3-4-6-13)12-15-9(11(16)17)10(14)18-12/h8H,3-7,14H2,1-2H3,(H,16,17). The normalized spacial score (nSPS) is 18.4. The number of hydrogen-bond donors (Lipinski definition) is 2. The van der Waals surface area contributed by atoms with Gasteiger partial charge in [0.05, 0.1) is 0 Å². The molecule has 4 nitrogen and oxygen atoms in total. The van der Waals surface area contributed by atoms with Crippen LogP contribution in [0.25, 0.3) is 0 Å². The van der Waals surface area contributed by atoms with Crippen molar-refractivity contribution in [2.75, 3.05) is 5.73 Å². The molecule has 1 fully saturated rings. The molecule has 5 heteroatoms. The molecule has 2 rings (SSSR count). The molecule has 100 valence electrons. The Morgan fingerprint density at radius 2 is 2.11 bits per heavy atom. The van der Waals surface area contributed by atoms with Gasteiger partial charge in [-0.05, 0) is 25.2 Å². The van der Waals surface area contributed by atoms with E-state index in [0.29, 0.717) is 10.9 Å². The number of hydrogen-bond acceptors (Lipinski definition) is 4. The number of carboxylic acids is 1. The summed E-state index contributed by atoms with van der Waals surface area (Å²) in [5.41, 5.74) is 5.88. The van der Waals surface area contributed by atoms with Crippen molar-refractivity contribution in [3.8, 4) is 0 Å². The summed E-state index contributed by atoms with van der Waals surface area (Å²) in [4.78, 5) is 15.4. The van der Waals surface area contributed by atoms with Crippen LogP contribution in [-0.2, 0) is 5.41 Å². The Kier molecular flexibility index (Phi) is 3.61. The van der Waals surface area contributed by atoms with Crippen LogP contribution < -0.4 is 5.73 Å². The lowest BCUT2D eigenvalue weighted by Gasteiger charge is -2.28. The third-order valence-electron chi connectivity index (χ3n) is 3.67. The molecule has 0 aromatic carbocycles. The lowest BCUT2D eigenvalue weighted by atomic mass is 9.79. The Morgan fingerprint density at radius 3 is 2.56 bits per heavy atom. The van der Waals surface area contributed by atoms with E-state index in [1.165, 1.54) is 24.2 Å². The number of nitrogen functional groups attached to an aromatic ring is 1. The smallest absolute Gasteiger partial charge is 0.357 e. The van der Waals surface area contributed by atoms with E-state index in [9.17, 15) is 4.79 Å². The van der Waals surface area contributed by atoms with Gasteiger partial charge >= 0.3 is 5.97 Å². The lowest BCUT2D eigenvalue weighted by Crippen LogP contribution is -2.24. The van der Waals surface area contributed by atoms with Gasteiger partial charge in [0.25, 0.3) is 0 Å². The van der Waals surface area contributed by atoms with E-state index in [4.69, 9.17) is 10.8 Å². The van der Waals surface area contributed by atoms with Crippen LogP contribution in [0, 0.1) is 5.92 Å². The first-order valence-electron chi connectivity index (χ1n) is 6.45. The fourth-order valence-corrected chi connectivity index (χ4v) is 4.13. The van der Waals surface area contributed by atoms with Crippen LogP contribution in [-0.4, -0.2) is 16.1 Å². The first-order chi connectivity index (χ1) is 8.44. The first-order valence-corrected chi connectivity index (χ1v) is 7.26. The average molecular weight is 268 g/mol. The molecule has 0 aliphatic heterocycles. The molecule has 0 bridgehead atoms. The summed E-state index contributed by atoms with van der Waals surface area (Å²) in [5.74, 6) is -0.436. The van der Waals surface area contributed by atoms with Gasteiger partial charge < -0.3 is 10.8 Å². The fraction of sp³-hybridized carbons (Fsp3) is 0.692. The highest BCUT2D eigenvalue weighted by Gasteiger charge is 2.39. The molecule has 1 aliphatic rings. The maximum absolute atomic E-state index is 11.0. The minimum absolute atomic E-state index is 0.0324. The summed E-state index contributed by atoms with van der Waals surface area (Å²) < 4.78 is 0. The molecular formula is C13H20N2O2S. The number of carbonyl (C=O) groups is 1. The Labute approximate surface area is 111 Å². The number of nitrogens with two attached hydrogens (primary N) is 1. The van der Waals surface area contributed by atoms with Gasteiger partial charge in [-0.15, -0.1) is 11.3 Å². The predicted molar refractivity (Wildman–Crippen MR) is 73.1 cm³/mol. The summed E-state index contributed by atoms with van der Waals surface area (Å²) in [6.45, 7) is 4.41. The van der Waals surface area contributed by atoms with Crippen molar-refractivity contribution >= 4 is 22.3 Å². The molecule has 1 saturated carbocycles. The summed E-state index contributed by atoms with van der Waals surface area (Å²) in [7, 11) is 0. The van der Waals surface area contributed by atoms with Gasteiger partial charge in [0, 0.05) is 5.41 Å². The topological polar surface area (TPSA) is 76.2 Å². The quantitative estimate of drug-likeness (QED) is 0.878. The van der Waals surface area contributed by atoms with Crippen LogP contribution in [0.5, 0.6) is 0 Å². The van der Waals surface area contributed by atoms with Crippen LogP contribution >= 0.6 is 11.3 Å². The zero-order chi connectivity index (χ0) is 13.3. The third-order valence-corrected chi connectivity index (χ3v) is 4.80. The van der Waals surface area contributed by atoms with Crippen molar-refractivity contribution in [3.05, 3.63) is 10.7 Å². The van der Waals surface area contributed by atoms with Gasteiger partial charge in [-0.2, -0.15) is 0 Å². The van der Waals surface area contributed by atoms with Crippen molar-refractivity contribution in [2.45, 2.75) is 51.4 Å². The molecule has 1 aromatic rings. The molecule has 0 unspecified atom stereocenters. The molecule has 1 aliphatic carbocycles. The molecule has 0 amide bonds. The maximum Gasteiger partial charge on any atom is 0.357 e. The second-order valence-corrected chi connectivity index (χ2v) is 6.65. The SMILES string of the molecule is CC(C)CC1(c2nc(C(=O)O)c(N)s2)CCCC1. The molecule has 0 radical (unpaired) electrons. The second-order valence-electron chi connectivity index (χ2n) is 5.62. The largest absolute Gasteiger partial charge is 0.476 e. The van der Waals surface area contributed by atoms with Gasteiger partial charge in [0.15, 0.2) is 5.69 Å². The fourth-order valence-electron chi connectivity index (χ4n) is 3.05. The van der Waals surface area contributed by atoms with Gasteiger partial charge in [-0.3, -0.25) is 0 Å². The van der Waals surface area contributed by atoms with E-state index in [1.54, 1.807) is 0 Å². The molecule has 0 spiro atoms. The second kappa shape index (κ2) is 4.88. The lowest BCUT2D eigenvalue weighted by molar-refractivity contribution is 0.0692. The third kappa shape index (κ3) is 2.36. The average Bonchev–Trinajstić information content (AvgIpc) is 2.84. The number of rotatable bonds is 4. The van der Waals surface area contributed by atoms with Crippen LogP contribution in [0.4, 0.5) is 5.00 Å². The molecule has 18 heavy (non-hydrogen) atoms. The summed E-state index contributed by atoms with van der Waals surface area (Å²) in [6, 6.07) is 0. The van der Waals surface area contributed by atoms with Gasteiger partial charge in [-0.25, -0.2) is 9.78 Å². The Balaban J connectivity index is 2.37. The number of anilines is 1. The Morgan fingerprint density at radius 1 is 1.50 bits per heavy atom. The van der Waals surface area contributed by atoms with Crippen LogP contribution in [0.3, 0.4) is 0 Å². The molecule has 1 aromatic heterocycles. The van der Waals surface area contributed by atoms with Gasteiger partial charge in [-0.1, -0.05) is 26.7 Å². The van der Waals surface area contributed by atoms with E-state index < -0.39 is 5.97 Å². The highest BCUT2D eigenvalue weighted by Crippen LogP contribution is 2.47. The molecule has 0 saturated heterocycles. The van der Waals surface area contributed by atoms with Crippen LogP contribution in [0.1, 0.15) is 61.4 Å². The van der Waals surface area contributed by atoms with E-state index in [1.807, 2.05) is 0 Å². The van der Waals surface area contributed by atoms with Crippen molar-refractivity contribution in [1.29, 1.82) is 0 Å². The number of nitrogens with zero attached hydrogens (tertiary/aromatic N) is 1. The van der Waals surface area contributed by atoms with Crippen LogP contribution in [0.15, 0.2) is 0 Å². The first kappa shape index (κ1) is 13.3. The molecule has 0 atom stereocenters. The van der Waals surface area contributed by atoms with Crippen molar-refractivity contribution in [3.63, 3.8) is 0 Å². The summed E-state index contributed by atoms with van der Waals surface area (Å²) >= 11 is 1.37. The van der Waals surface area contributed by atoms with Crippen LogP contribution in [0.2, 0.25) is 0 Å². The minimum Gasteiger partial charge on any atom is -0.476 e. The zero-order valence-corrected chi connectivity index (χ0v) is 11.7. The summed E-state index contributed by atoms with van der Waals surface area (Å²) in [6.07, 6.45) is 5.69. The van der Waals surface area contributed by atoms with Crippen molar-refractivity contribution in [1.82, 2.24) is 4.98 Å². The van der Waals surface area contributed by atoms with Gasteiger partial charge in [0.2, 0.25) is 0 Å². The molecule has 3 N–H and O–H groups in total. The number of aromatic carboxylic acids is 1. The minimum atomic E-state index is -1.02. The molecule has 1 heterocycles. The van der Waals surface area contributed by atoms with E-state index in [0.717, 1.165) is 24.3 Å². The van der Waals surface area contributed by atoms with Crippen molar-refractivity contribution in [2.24, 2.45) is 5.92 Å². The number of aromatic nitrogens is 1. The number of thiazole rings is 1. The number of carboxylic acid groups (broad SMARTS) is 1. The monoisotopic (exact) mass is 268 g/mol. The highest BCUT2D eigenvalue weighted by atomic mass is 32.1. The van der Waals surface area contributed by atoms with E-state index in [-0.39, 0.29) is 11.1 Å². The highest BCUT2D eigenvalue weighted by molar-refractivity contribution is 7.16. The maximum atomic E-state index is 11.0.